The number of phosphoric acid groups is 1. The van der Waals surface area contributed by atoms with E-state index in [1.165, 1.54) is 30.1 Å². The number of rotatable bonds is 14. The van der Waals surface area contributed by atoms with E-state index in [-0.39, 0.29) is 43.9 Å². The standard InChI is InChI=1S/C26H30F2N3O8P/c1-31(24(32)14-13-19-10-7-12-21(27)25(19)28)20(11-5-6-15-38-40(34,35)36)17-37-26(33)29-23-16-22(39-30-23)18-8-3-2-4-9-18/h2-4,7-10,12,16,20H,5-6,11,13-15,17H2,1H3,(H,29,30,33)(H2,34,35,36)/t20-/m0/s1. The first-order chi connectivity index (χ1) is 19.0. The van der Waals surface area contributed by atoms with Crippen LogP contribution in [0, 0.1) is 11.6 Å². The average molecular weight is 582 g/mol. The van der Waals surface area contributed by atoms with Gasteiger partial charge in [-0.1, -0.05) is 47.6 Å². The van der Waals surface area contributed by atoms with Gasteiger partial charge in [-0.2, -0.15) is 0 Å². The molecule has 1 heterocycles. The average Bonchev–Trinajstić information content (AvgIpc) is 3.38. The van der Waals surface area contributed by atoms with Crippen LogP contribution in [0.2, 0.25) is 0 Å². The van der Waals surface area contributed by atoms with E-state index in [4.69, 9.17) is 19.0 Å². The molecule has 0 radical (unpaired) electrons. The van der Waals surface area contributed by atoms with Crippen molar-refractivity contribution in [2.24, 2.45) is 0 Å². The summed E-state index contributed by atoms with van der Waals surface area (Å²) in [5.74, 6) is -1.85. The minimum Gasteiger partial charge on any atom is -0.447 e. The maximum absolute atomic E-state index is 14.0. The van der Waals surface area contributed by atoms with Crippen molar-refractivity contribution in [2.75, 3.05) is 25.6 Å². The molecule has 0 saturated carbocycles. The van der Waals surface area contributed by atoms with Crippen molar-refractivity contribution < 1.29 is 46.5 Å². The highest BCUT2D eigenvalue weighted by Gasteiger charge is 2.23. The normalized spacial score (nSPS) is 12.1. The largest absolute Gasteiger partial charge is 0.469 e. The molecule has 2 aromatic carbocycles. The number of carbonyl (C=O) groups is 2. The quantitative estimate of drug-likeness (QED) is 0.178. The van der Waals surface area contributed by atoms with Gasteiger partial charge in [0.25, 0.3) is 0 Å². The molecule has 40 heavy (non-hydrogen) atoms. The van der Waals surface area contributed by atoms with Gasteiger partial charge >= 0.3 is 13.9 Å². The van der Waals surface area contributed by atoms with Crippen LogP contribution in [-0.2, 0) is 25.0 Å². The Hall–Kier alpha value is -3.64. The van der Waals surface area contributed by atoms with Crippen LogP contribution in [0.25, 0.3) is 11.3 Å². The lowest BCUT2D eigenvalue weighted by Gasteiger charge is -2.28. The lowest BCUT2D eigenvalue weighted by Crippen LogP contribution is -2.41. The summed E-state index contributed by atoms with van der Waals surface area (Å²) in [5.41, 5.74) is 0.823. The number of nitrogens with one attached hydrogen (secondary N) is 1. The molecule has 3 rings (SSSR count). The van der Waals surface area contributed by atoms with Crippen molar-refractivity contribution in [1.82, 2.24) is 10.1 Å². The Morgan fingerprint density at radius 2 is 1.88 bits per heavy atom. The number of phosphoric ester groups is 1. The van der Waals surface area contributed by atoms with Crippen molar-refractivity contribution in [3.8, 4) is 11.3 Å². The zero-order chi connectivity index (χ0) is 29.1. The predicted octanol–water partition coefficient (Wildman–Crippen LogP) is 4.91. The number of carbonyl (C=O) groups excluding carboxylic acids is 2. The molecular weight excluding hydrogens is 551 g/mol. The Bertz CT molecular complexity index is 1320. The third kappa shape index (κ3) is 9.83. The predicted molar refractivity (Wildman–Crippen MR) is 140 cm³/mol. The van der Waals surface area contributed by atoms with Gasteiger partial charge in [-0.05, 0) is 37.3 Å². The van der Waals surface area contributed by atoms with Crippen molar-refractivity contribution in [1.29, 1.82) is 0 Å². The molecule has 3 aromatic rings. The number of unbranched alkanes of at least 4 members (excludes halogenated alkanes) is 1. The van der Waals surface area contributed by atoms with E-state index < -0.39 is 37.5 Å². The highest BCUT2D eigenvalue weighted by atomic mass is 31.2. The summed E-state index contributed by atoms with van der Waals surface area (Å²) >= 11 is 0. The Morgan fingerprint density at radius 1 is 1.12 bits per heavy atom. The lowest BCUT2D eigenvalue weighted by molar-refractivity contribution is -0.133. The zero-order valence-electron chi connectivity index (χ0n) is 21.7. The second-order valence-corrected chi connectivity index (χ2v) is 10.1. The summed E-state index contributed by atoms with van der Waals surface area (Å²) in [6.45, 7) is -0.421. The number of benzene rings is 2. The van der Waals surface area contributed by atoms with Gasteiger partial charge in [-0.15, -0.1) is 0 Å². The lowest BCUT2D eigenvalue weighted by atomic mass is 10.1. The molecule has 2 amide bonds. The second kappa shape index (κ2) is 14.7. The van der Waals surface area contributed by atoms with Crippen LogP contribution in [-0.4, -0.2) is 58.1 Å². The molecule has 0 aliphatic heterocycles. The van der Waals surface area contributed by atoms with Crippen LogP contribution < -0.4 is 5.32 Å². The fourth-order valence-corrected chi connectivity index (χ4v) is 4.17. The summed E-state index contributed by atoms with van der Waals surface area (Å²) in [7, 11) is -3.11. The minimum atomic E-state index is -4.60. The van der Waals surface area contributed by atoms with Crippen LogP contribution in [0.1, 0.15) is 31.2 Å². The molecule has 3 N–H and O–H groups in total. The van der Waals surface area contributed by atoms with Crippen molar-refractivity contribution >= 4 is 25.6 Å². The van der Waals surface area contributed by atoms with Gasteiger partial charge in [0.2, 0.25) is 5.91 Å². The Kier molecular flexibility index (Phi) is 11.3. The summed E-state index contributed by atoms with van der Waals surface area (Å²) in [6.07, 6.45) is -0.0441. The molecule has 0 saturated heterocycles. The Labute approximate surface area is 229 Å². The van der Waals surface area contributed by atoms with E-state index in [0.29, 0.717) is 18.6 Å². The maximum atomic E-state index is 14.0. The molecule has 1 aromatic heterocycles. The molecule has 0 bridgehead atoms. The first-order valence-corrected chi connectivity index (χ1v) is 13.9. The number of aryl methyl sites for hydroxylation is 1. The van der Waals surface area contributed by atoms with E-state index in [1.807, 2.05) is 30.3 Å². The molecular formula is C26H30F2N3O8P. The van der Waals surface area contributed by atoms with Gasteiger partial charge in [-0.3, -0.25) is 14.6 Å². The molecule has 14 heteroatoms. The molecule has 11 nitrogen and oxygen atoms in total. The summed E-state index contributed by atoms with van der Waals surface area (Å²) in [4.78, 5) is 44.3. The van der Waals surface area contributed by atoms with E-state index in [1.54, 1.807) is 0 Å². The first kappa shape index (κ1) is 30.9. The van der Waals surface area contributed by atoms with Gasteiger partial charge < -0.3 is 23.9 Å². The number of amides is 2. The number of likely N-dealkylation sites (N-methyl/N-ethyl adjacent to an activating group) is 1. The number of hydrogen-bond donors (Lipinski definition) is 3. The third-order valence-electron chi connectivity index (χ3n) is 5.98. The summed E-state index contributed by atoms with van der Waals surface area (Å²) in [6, 6.07) is 13.8. The number of ether oxygens (including phenoxy) is 1. The fraction of sp³-hybridized carbons (Fsp3) is 0.346. The molecule has 0 aliphatic rings. The number of halogens is 2. The Balaban J connectivity index is 1.57. The number of nitrogens with zero attached hydrogens (tertiary/aromatic N) is 2. The molecule has 0 unspecified atom stereocenters. The van der Waals surface area contributed by atoms with Crippen molar-refractivity contribution in [3.05, 3.63) is 71.8 Å². The van der Waals surface area contributed by atoms with Crippen LogP contribution in [0.15, 0.2) is 59.1 Å². The highest BCUT2D eigenvalue weighted by Crippen LogP contribution is 2.35. The monoisotopic (exact) mass is 581 g/mol. The van der Waals surface area contributed by atoms with Crippen LogP contribution in [0.5, 0.6) is 0 Å². The van der Waals surface area contributed by atoms with Gasteiger partial charge in [-0.25, -0.2) is 18.1 Å². The summed E-state index contributed by atoms with van der Waals surface area (Å²) < 4.78 is 53.3. The van der Waals surface area contributed by atoms with Crippen LogP contribution in [0.3, 0.4) is 0 Å². The molecule has 0 fully saturated rings. The Morgan fingerprint density at radius 3 is 2.60 bits per heavy atom. The van der Waals surface area contributed by atoms with Crippen molar-refractivity contribution in [3.63, 3.8) is 0 Å². The number of hydrogen-bond acceptors (Lipinski definition) is 7. The summed E-state index contributed by atoms with van der Waals surface area (Å²) in [5, 5.41) is 6.25. The molecule has 0 spiro atoms. The second-order valence-electron chi connectivity index (χ2n) is 8.86. The van der Waals surface area contributed by atoms with E-state index in [9.17, 15) is 22.9 Å². The number of anilines is 1. The maximum Gasteiger partial charge on any atom is 0.469 e. The van der Waals surface area contributed by atoms with E-state index in [0.717, 1.165) is 11.6 Å². The van der Waals surface area contributed by atoms with Crippen molar-refractivity contribution in [2.45, 2.75) is 38.1 Å². The van der Waals surface area contributed by atoms with Gasteiger partial charge in [0.05, 0.1) is 12.6 Å². The van der Waals surface area contributed by atoms with Gasteiger partial charge in [0, 0.05) is 25.1 Å². The number of aromatic nitrogens is 1. The van der Waals surface area contributed by atoms with Gasteiger partial charge in [0.1, 0.15) is 6.61 Å². The first-order valence-electron chi connectivity index (χ1n) is 12.4. The molecule has 216 valence electrons. The smallest absolute Gasteiger partial charge is 0.447 e. The molecule has 0 aliphatic carbocycles. The zero-order valence-corrected chi connectivity index (χ0v) is 22.6. The van der Waals surface area contributed by atoms with E-state index >= 15 is 0 Å². The SMILES string of the molecule is CN(C(=O)CCc1cccc(F)c1F)[C@@H](CCCCOP(=O)(O)O)COC(=O)Nc1cc(-c2ccccc2)on1. The van der Waals surface area contributed by atoms with Crippen LogP contribution in [0.4, 0.5) is 19.4 Å². The van der Waals surface area contributed by atoms with Gasteiger partial charge in [0.15, 0.2) is 23.2 Å². The highest BCUT2D eigenvalue weighted by molar-refractivity contribution is 7.46. The molecule has 1 atom stereocenters. The topological polar surface area (TPSA) is 151 Å². The van der Waals surface area contributed by atoms with E-state index in [2.05, 4.69) is 15.0 Å². The minimum absolute atomic E-state index is 0.0349. The fourth-order valence-electron chi connectivity index (χ4n) is 3.80. The third-order valence-corrected chi connectivity index (χ3v) is 6.50. The van der Waals surface area contributed by atoms with Crippen LogP contribution >= 0.6 is 7.82 Å².